The number of pyridine rings is 1. The van der Waals surface area contributed by atoms with Crippen molar-refractivity contribution in [2.45, 2.75) is 26.9 Å². The van der Waals surface area contributed by atoms with Gasteiger partial charge in [-0.05, 0) is 23.6 Å². The van der Waals surface area contributed by atoms with Gasteiger partial charge in [0.1, 0.15) is 12.4 Å². The lowest BCUT2D eigenvalue weighted by molar-refractivity contribution is 0.0218. The second-order valence-corrected chi connectivity index (χ2v) is 5.55. The van der Waals surface area contributed by atoms with E-state index in [0.717, 1.165) is 16.7 Å². The van der Waals surface area contributed by atoms with Crippen molar-refractivity contribution in [1.29, 1.82) is 0 Å². The molecule has 0 aliphatic heterocycles. The second-order valence-electron chi connectivity index (χ2n) is 5.55. The summed E-state index contributed by atoms with van der Waals surface area (Å²) in [5.74, 6) is 0.740. The van der Waals surface area contributed by atoms with Gasteiger partial charge in [0.25, 0.3) is 0 Å². The summed E-state index contributed by atoms with van der Waals surface area (Å²) in [6.45, 7) is 6.26. The van der Waals surface area contributed by atoms with Crippen LogP contribution in [-0.4, -0.2) is 22.8 Å². The van der Waals surface area contributed by atoms with Crippen LogP contribution in [0.1, 0.15) is 20.8 Å². The molecule has 0 aliphatic rings. The first-order valence-electron chi connectivity index (χ1n) is 6.12. The minimum atomic E-state index is -0.489. The Hall–Kier alpha value is -1.61. The van der Waals surface area contributed by atoms with Gasteiger partial charge in [0.2, 0.25) is 0 Å². The zero-order chi connectivity index (χ0) is 13.2. The molecule has 0 aliphatic carbocycles. The fraction of sp³-hybridized carbons (Fsp3) is 0.400. The van der Waals surface area contributed by atoms with Crippen molar-refractivity contribution in [3.63, 3.8) is 0 Å². The monoisotopic (exact) mass is 245 g/mol. The summed E-state index contributed by atoms with van der Waals surface area (Å²) in [6, 6.07) is 9.69. The van der Waals surface area contributed by atoms with Crippen LogP contribution in [0.5, 0.6) is 5.75 Å². The standard InChI is InChI=1S/C15H19NO2/c1-15(2,3)14(17)10-18-12-7-6-11-5-4-8-16-13(11)9-12/h4-9,14,17H,10H2,1-3H3. The molecule has 96 valence electrons. The number of benzene rings is 1. The van der Waals surface area contributed by atoms with Gasteiger partial charge in [-0.25, -0.2) is 0 Å². The molecule has 0 radical (unpaired) electrons. The summed E-state index contributed by atoms with van der Waals surface area (Å²) in [7, 11) is 0. The third kappa shape index (κ3) is 2.99. The van der Waals surface area contributed by atoms with E-state index in [4.69, 9.17) is 4.74 Å². The van der Waals surface area contributed by atoms with Crippen molar-refractivity contribution in [1.82, 2.24) is 4.98 Å². The maximum absolute atomic E-state index is 9.92. The van der Waals surface area contributed by atoms with Gasteiger partial charge in [0, 0.05) is 17.6 Å². The molecule has 3 nitrogen and oxygen atoms in total. The van der Waals surface area contributed by atoms with Crippen LogP contribution in [-0.2, 0) is 0 Å². The molecule has 1 heterocycles. The number of rotatable bonds is 3. The van der Waals surface area contributed by atoms with Crippen LogP contribution in [0.15, 0.2) is 36.5 Å². The fourth-order valence-corrected chi connectivity index (χ4v) is 1.56. The Bertz CT molecular complexity index is 531. The van der Waals surface area contributed by atoms with Crippen LogP contribution in [0.25, 0.3) is 10.9 Å². The van der Waals surface area contributed by atoms with Gasteiger partial charge < -0.3 is 9.84 Å². The number of nitrogens with zero attached hydrogens (tertiary/aromatic N) is 1. The molecule has 1 atom stereocenters. The molecule has 0 saturated carbocycles. The summed E-state index contributed by atoms with van der Waals surface area (Å²) in [5.41, 5.74) is 0.731. The quantitative estimate of drug-likeness (QED) is 0.903. The molecular formula is C15H19NO2. The average Bonchev–Trinajstić information content (AvgIpc) is 2.34. The first kappa shape index (κ1) is 12.8. The van der Waals surface area contributed by atoms with Gasteiger partial charge in [-0.1, -0.05) is 26.8 Å². The molecular weight excluding hydrogens is 226 g/mol. The Morgan fingerprint density at radius 2 is 2.06 bits per heavy atom. The predicted molar refractivity (Wildman–Crippen MR) is 72.7 cm³/mol. The Morgan fingerprint density at radius 1 is 1.28 bits per heavy atom. The lowest BCUT2D eigenvalue weighted by Gasteiger charge is -2.25. The maximum atomic E-state index is 9.92. The van der Waals surface area contributed by atoms with Crippen LogP contribution in [0.2, 0.25) is 0 Å². The van der Waals surface area contributed by atoms with Crippen LogP contribution in [0, 0.1) is 5.41 Å². The van der Waals surface area contributed by atoms with Gasteiger partial charge in [-0.3, -0.25) is 4.98 Å². The van der Waals surface area contributed by atoms with E-state index in [1.165, 1.54) is 0 Å². The topological polar surface area (TPSA) is 42.4 Å². The summed E-state index contributed by atoms with van der Waals surface area (Å²) in [5, 5.41) is 11.0. The molecule has 1 unspecified atom stereocenters. The first-order chi connectivity index (χ1) is 8.47. The van der Waals surface area contributed by atoms with Crippen LogP contribution < -0.4 is 4.74 Å². The van der Waals surface area contributed by atoms with Crippen LogP contribution >= 0.6 is 0 Å². The molecule has 1 N–H and O–H groups in total. The van der Waals surface area contributed by atoms with Crippen LogP contribution in [0.4, 0.5) is 0 Å². The van der Waals surface area contributed by atoms with E-state index in [-0.39, 0.29) is 5.41 Å². The Balaban J connectivity index is 2.08. The van der Waals surface area contributed by atoms with Crippen molar-refractivity contribution >= 4 is 10.9 Å². The van der Waals surface area contributed by atoms with Crippen molar-refractivity contribution < 1.29 is 9.84 Å². The number of aliphatic hydroxyl groups excluding tert-OH is 1. The highest BCUT2D eigenvalue weighted by Gasteiger charge is 2.22. The number of hydrogen-bond acceptors (Lipinski definition) is 3. The summed E-state index contributed by atoms with van der Waals surface area (Å²) in [6.07, 6.45) is 1.27. The van der Waals surface area contributed by atoms with E-state index in [0.29, 0.717) is 6.61 Å². The molecule has 1 aromatic carbocycles. The Morgan fingerprint density at radius 3 is 2.78 bits per heavy atom. The minimum absolute atomic E-state index is 0.172. The molecule has 1 aromatic heterocycles. The fourth-order valence-electron chi connectivity index (χ4n) is 1.56. The predicted octanol–water partition coefficient (Wildman–Crippen LogP) is 3.02. The number of fused-ring (bicyclic) bond motifs is 1. The number of ether oxygens (including phenoxy) is 1. The van der Waals surface area contributed by atoms with E-state index in [1.54, 1.807) is 6.20 Å². The van der Waals surface area contributed by atoms with E-state index in [2.05, 4.69) is 4.98 Å². The lowest BCUT2D eigenvalue weighted by atomic mass is 9.90. The molecule has 0 bridgehead atoms. The highest BCUT2D eigenvalue weighted by Crippen LogP contribution is 2.22. The Labute approximate surface area is 107 Å². The SMILES string of the molecule is CC(C)(C)C(O)COc1ccc2cccnc2c1. The minimum Gasteiger partial charge on any atom is -0.491 e. The summed E-state index contributed by atoms with van der Waals surface area (Å²) < 4.78 is 5.61. The van der Waals surface area contributed by atoms with Gasteiger partial charge in [-0.15, -0.1) is 0 Å². The molecule has 3 heteroatoms. The molecule has 2 aromatic rings. The second kappa shape index (κ2) is 4.94. The third-order valence-corrected chi connectivity index (χ3v) is 2.98. The smallest absolute Gasteiger partial charge is 0.121 e. The van der Waals surface area contributed by atoms with E-state index in [1.807, 2.05) is 51.1 Å². The van der Waals surface area contributed by atoms with Gasteiger partial charge in [0.15, 0.2) is 0 Å². The first-order valence-corrected chi connectivity index (χ1v) is 6.12. The van der Waals surface area contributed by atoms with Crippen molar-refractivity contribution in [2.75, 3.05) is 6.61 Å². The number of hydrogen-bond donors (Lipinski definition) is 1. The van der Waals surface area contributed by atoms with Crippen molar-refractivity contribution in [3.8, 4) is 5.75 Å². The third-order valence-electron chi connectivity index (χ3n) is 2.98. The highest BCUT2D eigenvalue weighted by atomic mass is 16.5. The summed E-state index contributed by atoms with van der Waals surface area (Å²) in [4.78, 5) is 4.28. The largest absolute Gasteiger partial charge is 0.491 e. The molecule has 2 rings (SSSR count). The lowest BCUT2D eigenvalue weighted by Crippen LogP contribution is -2.31. The molecule has 18 heavy (non-hydrogen) atoms. The number of aromatic nitrogens is 1. The van der Waals surface area contributed by atoms with E-state index in [9.17, 15) is 5.11 Å². The normalized spacial score (nSPS) is 13.6. The zero-order valence-corrected chi connectivity index (χ0v) is 11.1. The van der Waals surface area contributed by atoms with Crippen molar-refractivity contribution in [3.05, 3.63) is 36.5 Å². The van der Waals surface area contributed by atoms with Crippen LogP contribution in [0.3, 0.4) is 0 Å². The molecule has 0 fully saturated rings. The summed E-state index contributed by atoms with van der Waals surface area (Å²) >= 11 is 0. The number of aliphatic hydroxyl groups is 1. The molecule has 0 amide bonds. The van der Waals surface area contributed by atoms with Gasteiger partial charge >= 0.3 is 0 Å². The van der Waals surface area contributed by atoms with Crippen molar-refractivity contribution in [2.24, 2.45) is 5.41 Å². The van der Waals surface area contributed by atoms with E-state index < -0.39 is 6.10 Å². The van der Waals surface area contributed by atoms with Gasteiger partial charge in [0.05, 0.1) is 11.6 Å². The van der Waals surface area contributed by atoms with Gasteiger partial charge in [-0.2, -0.15) is 0 Å². The average molecular weight is 245 g/mol. The zero-order valence-electron chi connectivity index (χ0n) is 11.1. The maximum Gasteiger partial charge on any atom is 0.121 e. The molecule has 0 saturated heterocycles. The van der Waals surface area contributed by atoms with E-state index >= 15 is 0 Å². The Kier molecular flexibility index (Phi) is 3.53. The molecule has 0 spiro atoms. The highest BCUT2D eigenvalue weighted by molar-refractivity contribution is 5.79.